The Morgan fingerprint density at radius 1 is 0.280 bits per heavy atom. The molecule has 0 aliphatic rings. The van der Waals surface area contributed by atoms with Crippen molar-refractivity contribution >= 4 is 28.4 Å². The van der Waals surface area contributed by atoms with Gasteiger partial charge in [-0.05, 0) is 94.0 Å². The number of anilines is 5. The molecular formula is C47H43N3. The Labute approximate surface area is 297 Å². The third kappa shape index (κ3) is 6.26. The number of hydrogen-bond acceptors (Lipinski definition) is 3. The van der Waals surface area contributed by atoms with Crippen molar-refractivity contribution in [3.63, 3.8) is 0 Å². The highest BCUT2D eigenvalue weighted by molar-refractivity contribution is 5.80. The van der Waals surface area contributed by atoms with Gasteiger partial charge in [-0.1, -0.05) is 127 Å². The van der Waals surface area contributed by atoms with E-state index in [0.29, 0.717) is 0 Å². The zero-order valence-corrected chi connectivity index (χ0v) is 29.2. The number of rotatable bonds is 10. The van der Waals surface area contributed by atoms with Crippen LogP contribution < -0.4 is 14.7 Å². The smallest absolute Gasteiger partial charge is 0.0701 e. The maximum Gasteiger partial charge on any atom is 0.0701 e. The molecule has 50 heavy (non-hydrogen) atoms. The SMILES string of the molecule is CN(C)c1ccc(-c2ccc(N(c3ccc(N(C)C)cc3)c3ccc(C(c4ccccc4)(c4ccccc4)c4ccccc4)cc3)cc2)cc1. The quantitative estimate of drug-likeness (QED) is 0.137. The predicted octanol–water partition coefficient (Wildman–Crippen LogP) is 11.3. The summed E-state index contributed by atoms with van der Waals surface area (Å²) in [5.74, 6) is 0. The van der Waals surface area contributed by atoms with Crippen molar-refractivity contribution in [1.29, 1.82) is 0 Å². The first-order valence-corrected chi connectivity index (χ1v) is 17.2. The Hall–Kier alpha value is -6.06. The summed E-state index contributed by atoms with van der Waals surface area (Å²) in [5.41, 5.74) is 12.5. The minimum Gasteiger partial charge on any atom is -0.378 e. The van der Waals surface area contributed by atoms with Crippen LogP contribution in [0.2, 0.25) is 0 Å². The molecule has 7 aromatic rings. The first-order valence-electron chi connectivity index (χ1n) is 17.2. The van der Waals surface area contributed by atoms with Gasteiger partial charge in [0.15, 0.2) is 0 Å². The van der Waals surface area contributed by atoms with E-state index in [0.717, 1.165) is 17.1 Å². The monoisotopic (exact) mass is 649 g/mol. The molecule has 0 aliphatic carbocycles. The average Bonchev–Trinajstić information content (AvgIpc) is 3.18. The minimum atomic E-state index is -0.496. The van der Waals surface area contributed by atoms with Crippen molar-refractivity contribution in [2.75, 3.05) is 42.9 Å². The Kier molecular flexibility index (Phi) is 9.22. The van der Waals surface area contributed by atoms with Gasteiger partial charge < -0.3 is 14.7 Å². The molecule has 246 valence electrons. The molecule has 0 fully saturated rings. The van der Waals surface area contributed by atoms with Crippen LogP contribution in [-0.2, 0) is 5.41 Å². The zero-order chi connectivity index (χ0) is 34.5. The van der Waals surface area contributed by atoms with E-state index in [4.69, 9.17) is 0 Å². The van der Waals surface area contributed by atoms with Crippen LogP contribution in [0, 0.1) is 0 Å². The van der Waals surface area contributed by atoms with E-state index in [9.17, 15) is 0 Å². The van der Waals surface area contributed by atoms with Crippen molar-refractivity contribution in [3.8, 4) is 11.1 Å². The van der Waals surface area contributed by atoms with Crippen molar-refractivity contribution in [2.45, 2.75) is 5.41 Å². The molecule has 7 aromatic carbocycles. The van der Waals surface area contributed by atoms with Crippen LogP contribution in [0.3, 0.4) is 0 Å². The van der Waals surface area contributed by atoms with E-state index in [-0.39, 0.29) is 0 Å². The molecule has 0 heterocycles. The molecule has 7 rings (SSSR count). The van der Waals surface area contributed by atoms with E-state index in [1.54, 1.807) is 0 Å². The summed E-state index contributed by atoms with van der Waals surface area (Å²) in [6.45, 7) is 0. The maximum atomic E-state index is 2.34. The lowest BCUT2D eigenvalue weighted by Crippen LogP contribution is -2.31. The Morgan fingerprint density at radius 3 is 0.880 bits per heavy atom. The van der Waals surface area contributed by atoms with Crippen LogP contribution in [0.25, 0.3) is 11.1 Å². The molecule has 0 saturated heterocycles. The van der Waals surface area contributed by atoms with Gasteiger partial charge in [-0.2, -0.15) is 0 Å². The van der Waals surface area contributed by atoms with Crippen molar-refractivity contribution in [2.24, 2.45) is 0 Å². The van der Waals surface area contributed by atoms with Crippen LogP contribution in [0.4, 0.5) is 28.4 Å². The maximum absolute atomic E-state index is 2.34. The molecule has 0 N–H and O–H groups in total. The molecule has 0 bridgehead atoms. The lowest BCUT2D eigenvalue weighted by molar-refractivity contribution is 0.745. The third-order valence-electron chi connectivity index (χ3n) is 9.65. The van der Waals surface area contributed by atoms with Crippen molar-refractivity contribution in [3.05, 3.63) is 210 Å². The van der Waals surface area contributed by atoms with E-state index >= 15 is 0 Å². The summed E-state index contributed by atoms with van der Waals surface area (Å²) in [6.07, 6.45) is 0. The molecule has 3 heteroatoms. The lowest BCUT2D eigenvalue weighted by atomic mass is 9.65. The van der Waals surface area contributed by atoms with Gasteiger partial charge in [0.2, 0.25) is 0 Å². The third-order valence-corrected chi connectivity index (χ3v) is 9.65. The average molecular weight is 650 g/mol. The summed E-state index contributed by atoms with van der Waals surface area (Å²) in [7, 11) is 8.30. The van der Waals surface area contributed by atoms with E-state index in [2.05, 4.69) is 231 Å². The first kappa shape index (κ1) is 32.5. The van der Waals surface area contributed by atoms with Gasteiger partial charge in [-0.3, -0.25) is 0 Å². The molecule has 0 radical (unpaired) electrons. The van der Waals surface area contributed by atoms with Gasteiger partial charge in [0.05, 0.1) is 5.41 Å². The topological polar surface area (TPSA) is 9.72 Å². The zero-order valence-electron chi connectivity index (χ0n) is 29.2. The summed E-state index contributed by atoms with van der Waals surface area (Å²) in [6, 6.07) is 68.2. The van der Waals surface area contributed by atoms with Crippen molar-refractivity contribution in [1.82, 2.24) is 0 Å². The Balaban J connectivity index is 1.35. The fourth-order valence-electron chi connectivity index (χ4n) is 7.03. The molecule has 3 nitrogen and oxygen atoms in total. The highest BCUT2D eigenvalue weighted by atomic mass is 15.1. The lowest BCUT2D eigenvalue weighted by Gasteiger charge is -2.37. The fourth-order valence-corrected chi connectivity index (χ4v) is 7.03. The van der Waals surface area contributed by atoms with E-state index < -0.39 is 5.41 Å². The van der Waals surface area contributed by atoms with Crippen LogP contribution >= 0.6 is 0 Å². The summed E-state index contributed by atoms with van der Waals surface area (Å²) in [4.78, 5) is 6.61. The first-order chi connectivity index (χ1) is 24.4. The van der Waals surface area contributed by atoms with Gasteiger partial charge >= 0.3 is 0 Å². The molecule has 0 aromatic heterocycles. The summed E-state index contributed by atoms with van der Waals surface area (Å²) < 4.78 is 0. The number of benzene rings is 7. The molecule has 0 aliphatic heterocycles. The van der Waals surface area contributed by atoms with Gasteiger partial charge in [-0.15, -0.1) is 0 Å². The van der Waals surface area contributed by atoms with E-state index in [1.807, 2.05) is 0 Å². The molecular weight excluding hydrogens is 607 g/mol. The molecule has 0 saturated carbocycles. The van der Waals surface area contributed by atoms with Gasteiger partial charge in [0.1, 0.15) is 0 Å². The molecule has 0 unspecified atom stereocenters. The Morgan fingerprint density at radius 2 is 0.540 bits per heavy atom. The largest absolute Gasteiger partial charge is 0.378 e. The normalized spacial score (nSPS) is 11.2. The standard InChI is InChI=1S/C47H43N3/c1-48(2)42-26-20-36(21-27-42)37-22-28-44(29-23-37)50(46-34-32-43(33-35-46)49(3)4)45-30-24-41(25-31-45)47(38-14-8-5-9-15-38,39-16-10-6-11-17-39)40-18-12-7-13-19-40/h5-35H,1-4H3. The number of nitrogens with zero attached hydrogens (tertiary/aromatic N) is 3. The van der Waals surface area contributed by atoms with Crippen LogP contribution in [0.15, 0.2) is 188 Å². The highest BCUT2D eigenvalue weighted by Gasteiger charge is 2.38. The molecule has 0 amide bonds. The second-order valence-corrected chi connectivity index (χ2v) is 13.1. The van der Waals surface area contributed by atoms with E-state index in [1.165, 1.54) is 44.8 Å². The summed E-state index contributed by atoms with van der Waals surface area (Å²) in [5, 5.41) is 0. The van der Waals surface area contributed by atoms with Gasteiger partial charge in [0, 0.05) is 56.6 Å². The molecule has 0 atom stereocenters. The van der Waals surface area contributed by atoms with Crippen molar-refractivity contribution < 1.29 is 0 Å². The predicted molar refractivity (Wildman–Crippen MR) is 214 cm³/mol. The fraction of sp³-hybridized carbons (Fsp3) is 0.106. The second-order valence-electron chi connectivity index (χ2n) is 13.1. The van der Waals surface area contributed by atoms with Gasteiger partial charge in [-0.25, -0.2) is 0 Å². The summed E-state index contributed by atoms with van der Waals surface area (Å²) >= 11 is 0. The highest BCUT2D eigenvalue weighted by Crippen LogP contribution is 2.46. The van der Waals surface area contributed by atoms with Gasteiger partial charge in [0.25, 0.3) is 0 Å². The van der Waals surface area contributed by atoms with Crippen LogP contribution in [0.1, 0.15) is 22.3 Å². The molecule has 0 spiro atoms. The van der Waals surface area contributed by atoms with Crippen LogP contribution in [0.5, 0.6) is 0 Å². The second kappa shape index (κ2) is 14.2. The van der Waals surface area contributed by atoms with Crippen LogP contribution in [-0.4, -0.2) is 28.2 Å². The Bertz CT molecular complexity index is 2010. The number of hydrogen-bond donors (Lipinski definition) is 0. The minimum absolute atomic E-state index is 0.496.